The summed E-state index contributed by atoms with van der Waals surface area (Å²) in [5.41, 5.74) is 3.83. The molecule has 0 aliphatic rings. The lowest BCUT2D eigenvalue weighted by Gasteiger charge is -2.35. The Balaban J connectivity index is 2.12. The van der Waals surface area contributed by atoms with Gasteiger partial charge in [0.25, 0.3) is 0 Å². The molecule has 0 heterocycles. The van der Waals surface area contributed by atoms with Gasteiger partial charge in [-0.1, -0.05) is 91.7 Å². The molecule has 3 rings (SSSR count). The molecule has 6 nitrogen and oxygen atoms in total. The topological polar surface area (TPSA) is 83.9 Å². The van der Waals surface area contributed by atoms with Crippen molar-refractivity contribution in [2.45, 2.75) is 84.1 Å². The van der Waals surface area contributed by atoms with E-state index < -0.39 is 40.2 Å². The first-order valence-corrected chi connectivity index (χ1v) is 15.0. The van der Waals surface area contributed by atoms with Gasteiger partial charge in [-0.25, -0.2) is 8.42 Å². The average molecular weight is 552 g/mol. The second kappa shape index (κ2) is 13.4. The molecule has 0 amide bonds. The van der Waals surface area contributed by atoms with Crippen molar-refractivity contribution in [3.63, 3.8) is 0 Å². The van der Waals surface area contributed by atoms with E-state index in [4.69, 9.17) is 4.74 Å². The summed E-state index contributed by atoms with van der Waals surface area (Å²) in [5, 5.41) is 10.5. The Kier molecular flexibility index (Phi) is 10.5. The number of aliphatic hydroxyl groups is 1. The molecule has 0 bridgehead atoms. The molecule has 3 aromatic rings. The monoisotopic (exact) mass is 551 g/mol. The van der Waals surface area contributed by atoms with Crippen molar-refractivity contribution >= 4 is 16.0 Å². The maximum Gasteiger partial charge on any atom is 0.311 e. The van der Waals surface area contributed by atoms with Crippen molar-refractivity contribution in [3.05, 3.63) is 101 Å². The molecule has 0 spiro atoms. The summed E-state index contributed by atoms with van der Waals surface area (Å²) in [6, 6.07) is 21.6. The predicted octanol–water partition coefficient (Wildman–Crippen LogP) is 6.27. The molecule has 3 aromatic carbocycles. The SMILES string of the molecule is CCC[C@@H](O)[C@@H](C)C(=O)O[C@H](c1ccccc1)[C@H](C)N(Cc1ccccc1)S(=O)(=O)c1c(C)cc(C)cc1C. The van der Waals surface area contributed by atoms with Crippen LogP contribution in [-0.4, -0.2) is 35.9 Å². The molecule has 0 fully saturated rings. The van der Waals surface area contributed by atoms with Crippen molar-refractivity contribution in [1.29, 1.82) is 0 Å². The van der Waals surface area contributed by atoms with Crippen molar-refractivity contribution in [3.8, 4) is 0 Å². The second-order valence-electron chi connectivity index (χ2n) is 10.4. The van der Waals surface area contributed by atoms with Crippen LogP contribution < -0.4 is 0 Å². The van der Waals surface area contributed by atoms with Gasteiger partial charge in [-0.3, -0.25) is 4.79 Å². The quantitative estimate of drug-likeness (QED) is 0.268. The van der Waals surface area contributed by atoms with Gasteiger partial charge in [0, 0.05) is 6.54 Å². The third-order valence-corrected chi connectivity index (χ3v) is 9.39. The lowest BCUT2D eigenvalue weighted by Crippen LogP contribution is -2.44. The largest absolute Gasteiger partial charge is 0.455 e. The van der Waals surface area contributed by atoms with E-state index >= 15 is 0 Å². The predicted molar refractivity (Wildman–Crippen MR) is 155 cm³/mol. The number of hydrogen-bond donors (Lipinski definition) is 1. The Bertz CT molecular complexity index is 1320. The number of carbonyl (C=O) groups excluding carboxylic acids is 1. The number of hydrogen-bond acceptors (Lipinski definition) is 5. The van der Waals surface area contributed by atoms with E-state index in [1.165, 1.54) is 4.31 Å². The van der Waals surface area contributed by atoms with E-state index in [0.717, 1.165) is 17.5 Å². The fourth-order valence-corrected chi connectivity index (χ4v) is 7.11. The number of benzene rings is 3. The first-order valence-electron chi connectivity index (χ1n) is 13.5. The lowest BCUT2D eigenvalue weighted by atomic mass is 9.99. The molecule has 39 heavy (non-hydrogen) atoms. The lowest BCUT2D eigenvalue weighted by molar-refractivity contribution is -0.160. The molecular formula is C32H41NO5S. The molecular weight excluding hydrogens is 510 g/mol. The van der Waals surface area contributed by atoms with Crippen LogP contribution in [0.25, 0.3) is 0 Å². The zero-order chi connectivity index (χ0) is 28.7. The molecule has 0 aliphatic carbocycles. The highest BCUT2D eigenvalue weighted by Crippen LogP contribution is 2.34. The first kappa shape index (κ1) is 30.5. The minimum absolute atomic E-state index is 0.103. The van der Waals surface area contributed by atoms with Crippen LogP contribution in [0.2, 0.25) is 0 Å². The molecule has 0 radical (unpaired) electrons. The number of sulfonamides is 1. The van der Waals surface area contributed by atoms with Gasteiger partial charge in [0.05, 0.1) is 23.0 Å². The van der Waals surface area contributed by atoms with Crippen molar-refractivity contribution in [1.82, 2.24) is 4.31 Å². The van der Waals surface area contributed by atoms with Gasteiger partial charge in [-0.15, -0.1) is 0 Å². The fraction of sp³-hybridized carbons (Fsp3) is 0.406. The highest BCUT2D eigenvalue weighted by Gasteiger charge is 2.38. The summed E-state index contributed by atoms with van der Waals surface area (Å²) in [7, 11) is -4.02. The Morgan fingerprint density at radius 2 is 1.46 bits per heavy atom. The second-order valence-corrected chi connectivity index (χ2v) is 12.2. The highest BCUT2D eigenvalue weighted by molar-refractivity contribution is 7.89. The van der Waals surface area contributed by atoms with Crippen molar-refractivity contribution in [2.24, 2.45) is 5.92 Å². The van der Waals surface area contributed by atoms with E-state index in [1.54, 1.807) is 13.8 Å². The highest BCUT2D eigenvalue weighted by atomic mass is 32.2. The minimum Gasteiger partial charge on any atom is -0.455 e. The molecule has 1 N–H and O–H groups in total. The Morgan fingerprint density at radius 1 is 0.923 bits per heavy atom. The summed E-state index contributed by atoms with van der Waals surface area (Å²) < 4.78 is 36.3. The van der Waals surface area contributed by atoms with E-state index in [1.807, 2.05) is 100 Å². The summed E-state index contributed by atoms with van der Waals surface area (Å²) in [5.74, 6) is -1.31. The molecule has 0 unspecified atom stereocenters. The van der Waals surface area contributed by atoms with Gasteiger partial charge in [0.1, 0.15) is 6.10 Å². The number of ether oxygens (including phenoxy) is 1. The molecule has 7 heteroatoms. The zero-order valence-corrected chi connectivity index (χ0v) is 24.6. The number of aryl methyl sites for hydroxylation is 3. The van der Waals surface area contributed by atoms with E-state index in [-0.39, 0.29) is 11.4 Å². The van der Waals surface area contributed by atoms with Crippen LogP contribution >= 0.6 is 0 Å². The average Bonchev–Trinajstić information content (AvgIpc) is 2.89. The summed E-state index contributed by atoms with van der Waals surface area (Å²) >= 11 is 0. The molecule has 0 aromatic heterocycles. The molecule has 4 atom stereocenters. The number of rotatable bonds is 12. The van der Waals surface area contributed by atoms with Gasteiger partial charge < -0.3 is 9.84 Å². The third-order valence-electron chi connectivity index (χ3n) is 7.15. The van der Waals surface area contributed by atoms with Crippen LogP contribution in [0.15, 0.2) is 77.7 Å². The normalized spacial score (nSPS) is 15.0. The number of esters is 1. The van der Waals surface area contributed by atoms with Gasteiger partial charge in [-0.2, -0.15) is 4.31 Å². The van der Waals surface area contributed by atoms with Crippen LogP contribution in [0, 0.1) is 26.7 Å². The Hall–Kier alpha value is -3.00. The number of nitrogens with zero attached hydrogens (tertiary/aromatic N) is 1. The maximum atomic E-state index is 14.4. The molecule has 210 valence electrons. The van der Waals surface area contributed by atoms with Gasteiger partial charge in [0.15, 0.2) is 0 Å². The van der Waals surface area contributed by atoms with Crippen LogP contribution in [0.4, 0.5) is 0 Å². The third kappa shape index (κ3) is 7.35. The van der Waals surface area contributed by atoms with Gasteiger partial charge in [0.2, 0.25) is 10.0 Å². The first-order chi connectivity index (χ1) is 18.5. The van der Waals surface area contributed by atoms with E-state index in [0.29, 0.717) is 23.1 Å². The van der Waals surface area contributed by atoms with E-state index in [2.05, 4.69) is 0 Å². The Labute approximate surface area is 233 Å². The van der Waals surface area contributed by atoms with Crippen LogP contribution in [0.1, 0.15) is 67.5 Å². The minimum atomic E-state index is -4.02. The Morgan fingerprint density at radius 3 is 2.00 bits per heavy atom. The zero-order valence-electron chi connectivity index (χ0n) is 23.8. The van der Waals surface area contributed by atoms with Crippen molar-refractivity contribution in [2.75, 3.05) is 0 Å². The van der Waals surface area contributed by atoms with E-state index in [9.17, 15) is 18.3 Å². The maximum absolute atomic E-state index is 14.4. The van der Waals surface area contributed by atoms with Crippen LogP contribution in [-0.2, 0) is 26.1 Å². The number of carbonyl (C=O) groups is 1. The standard InChI is InChI=1S/C32H41NO5S/c1-7-14-29(34)25(5)32(35)38-30(28-17-12-9-13-18-28)26(6)33(21-27-15-10-8-11-16-27)39(36,37)31-23(3)19-22(2)20-24(31)4/h8-13,15-20,25-26,29-30,34H,7,14,21H2,1-6H3/t25-,26+,29-,30+/m1/s1. The molecule has 0 saturated carbocycles. The summed E-state index contributed by atoms with van der Waals surface area (Å²) in [6.45, 7) is 11.0. The molecule has 0 aliphatic heterocycles. The molecule has 0 saturated heterocycles. The number of aliphatic hydroxyl groups excluding tert-OH is 1. The fourth-order valence-electron chi connectivity index (χ4n) is 5.08. The van der Waals surface area contributed by atoms with Crippen molar-refractivity contribution < 1.29 is 23.1 Å². The van der Waals surface area contributed by atoms with Crippen LogP contribution in [0.5, 0.6) is 0 Å². The van der Waals surface area contributed by atoms with Crippen LogP contribution in [0.3, 0.4) is 0 Å². The smallest absolute Gasteiger partial charge is 0.311 e. The van der Waals surface area contributed by atoms with Gasteiger partial charge >= 0.3 is 5.97 Å². The van der Waals surface area contributed by atoms with Gasteiger partial charge in [-0.05, 0) is 63.3 Å². The summed E-state index contributed by atoms with van der Waals surface area (Å²) in [6.07, 6.45) is -0.520. The summed E-state index contributed by atoms with van der Waals surface area (Å²) in [4.78, 5) is 13.5.